The van der Waals surface area contributed by atoms with Crippen LogP contribution in [0.3, 0.4) is 0 Å². The van der Waals surface area contributed by atoms with Gasteiger partial charge in [-0.25, -0.2) is 0 Å². The van der Waals surface area contributed by atoms with Gasteiger partial charge in [-0.2, -0.15) is 0 Å². The normalized spacial score (nSPS) is 16.4. The summed E-state index contributed by atoms with van der Waals surface area (Å²) in [5, 5.41) is 2.72. The van der Waals surface area contributed by atoms with Crippen LogP contribution in [0.4, 0.5) is 0 Å². The quantitative estimate of drug-likeness (QED) is 0.899. The van der Waals surface area contributed by atoms with Crippen molar-refractivity contribution < 1.29 is 14.0 Å². The van der Waals surface area contributed by atoms with E-state index in [1.54, 1.807) is 6.07 Å². The van der Waals surface area contributed by atoms with Crippen molar-refractivity contribution in [3.8, 4) is 0 Å². The molecule has 1 aliphatic heterocycles. The van der Waals surface area contributed by atoms with Gasteiger partial charge in [0.1, 0.15) is 6.26 Å². The molecule has 1 aromatic rings. The first-order valence-electron chi connectivity index (χ1n) is 6.75. The van der Waals surface area contributed by atoms with Crippen molar-refractivity contribution in [1.82, 2.24) is 10.2 Å². The molecule has 0 spiro atoms. The molecule has 5 heteroatoms. The highest BCUT2D eigenvalue weighted by molar-refractivity contribution is 5.94. The lowest BCUT2D eigenvalue weighted by atomic mass is 9.99. The Balaban J connectivity index is 1.68. The standard InChI is InChI=1S/C14H20N2O3/c1-11-3-7-16(8-4-11)13(17)2-6-15-14(18)12-5-9-19-10-12/h5,9-11H,2-4,6-8H2,1H3,(H,15,18). The summed E-state index contributed by atoms with van der Waals surface area (Å²) in [7, 11) is 0. The SMILES string of the molecule is CC1CCN(C(=O)CCNC(=O)c2ccoc2)CC1. The summed E-state index contributed by atoms with van der Waals surface area (Å²) in [5.41, 5.74) is 0.485. The summed E-state index contributed by atoms with van der Waals surface area (Å²) in [4.78, 5) is 25.4. The smallest absolute Gasteiger partial charge is 0.254 e. The van der Waals surface area contributed by atoms with E-state index in [4.69, 9.17) is 4.42 Å². The second-order valence-corrected chi connectivity index (χ2v) is 5.08. The zero-order valence-corrected chi connectivity index (χ0v) is 11.2. The molecule has 0 radical (unpaired) electrons. The first-order valence-corrected chi connectivity index (χ1v) is 6.75. The predicted molar refractivity (Wildman–Crippen MR) is 70.6 cm³/mol. The van der Waals surface area contributed by atoms with Gasteiger partial charge in [-0.15, -0.1) is 0 Å². The monoisotopic (exact) mass is 264 g/mol. The van der Waals surface area contributed by atoms with Crippen LogP contribution in [0.15, 0.2) is 23.0 Å². The van der Waals surface area contributed by atoms with Crippen LogP contribution in [0.1, 0.15) is 36.5 Å². The molecule has 0 bridgehead atoms. The summed E-state index contributed by atoms with van der Waals surface area (Å²) < 4.78 is 4.83. The number of amides is 2. The molecular weight excluding hydrogens is 244 g/mol. The maximum absolute atomic E-state index is 11.9. The average Bonchev–Trinajstić information content (AvgIpc) is 2.93. The van der Waals surface area contributed by atoms with E-state index in [9.17, 15) is 9.59 Å². The van der Waals surface area contributed by atoms with E-state index in [0.717, 1.165) is 25.9 Å². The molecule has 1 saturated heterocycles. The maximum atomic E-state index is 11.9. The second-order valence-electron chi connectivity index (χ2n) is 5.08. The molecule has 19 heavy (non-hydrogen) atoms. The summed E-state index contributed by atoms with van der Waals surface area (Å²) in [6, 6.07) is 1.60. The van der Waals surface area contributed by atoms with Gasteiger partial charge in [0.15, 0.2) is 0 Å². The highest BCUT2D eigenvalue weighted by atomic mass is 16.3. The van der Waals surface area contributed by atoms with Gasteiger partial charge in [-0.1, -0.05) is 6.92 Å². The summed E-state index contributed by atoms with van der Waals surface area (Å²) >= 11 is 0. The van der Waals surface area contributed by atoms with Gasteiger partial charge in [0.05, 0.1) is 11.8 Å². The molecule has 1 N–H and O–H groups in total. The number of carbonyl (C=O) groups is 2. The molecule has 0 unspecified atom stereocenters. The van der Waals surface area contributed by atoms with E-state index in [-0.39, 0.29) is 11.8 Å². The van der Waals surface area contributed by atoms with Gasteiger partial charge >= 0.3 is 0 Å². The van der Waals surface area contributed by atoms with Gasteiger partial charge < -0.3 is 14.6 Å². The first-order chi connectivity index (χ1) is 9.16. The minimum absolute atomic E-state index is 0.124. The third kappa shape index (κ3) is 3.84. The first kappa shape index (κ1) is 13.6. The van der Waals surface area contributed by atoms with Crippen LogP contribution >= 0.6 is 0 Å². The Morgan fingerprint density at radius 3 is 2.79 bits per heavy atom. The van der Waals surface area contributed by atoms with Crippen LogP contribution in [0.5, 0.6) is 0 Å². The molecule has 2 heterocycles. The van der Waals surface area contributed by atoms with Gasteiger partial charge in [-0.3, -0.25) is 9.59 Å². The van der Waals surface area contributed by atoms with E-state index >= 15 is 0 Å². The maximum Gasteiger partial charge on any atom is 0.254 e. The Bertz CT molecular complexity index is 420. The molecule has 0 aromatic carbocycles. The number of nitrogens with zero attached hydrogens (tertiary/aromatic N) is 1. The third-order valence-corrected chi connectivity index (χ3v) is 3.54. The molecule has 0 atom stereocenters. The number of furan rings is 1. The lowest BCUT2D eigenvalue weighted by Crippen LogP contribution is -2.39. The highest BCUT2D eigenvalue weighted by Crippen LogP contribution is 2.16. The molecule has 0 aliphatic carbocycles. The Hall–Kier alpha value is -1.78. The molecule has 0 saturated carbocycles. The number of rotatable bonds is 4. The Kier molecular flexibility index (Phi) is 4.60. The zero-order valence-electron chi connectivity index (χ0n) is 11.2. The van der Waals surface area contributed by atoms with E-state index in [0.29, 0.717) is 24.4 Å². The Morgan fingerprint density at radius 2 is 2.16 bits per heavy atom. The Morgan fingerprint density at radius 1 is 1.42 bits per heavy atom. The summed E-state index contributed by atoms with van der Waals surface area (Å²) in [5.74, 6) is 0.637. The minimum Gasteiger partial charge on any atom is -0.472 e. The lowest BCUT2D eigenvalue weighted by molar-refractivity contribution is -0.132. The van der Waals surface area contributed by atoms with Crippen molar-refractivity contribution in [2.24, 2.45) is 5.92 Å². The summed E-state index contributed by atoms with van der Waals surface area (Å²) in [6.07, 6.45) is 5.36. The van der Waals surface area contributed by atoms with Crippen LogP contribution in [0, 0.1) is 5.92 Å². The number of hydrogen-bond acceptors (Lipinski definition) is 3. The van der Waals surface area contributed by atoms with Gasteiger partial charge in [-0.05, 0) is 24.8 Å². The van der Waals surface area contributed by atoms with Crippen LogP contribution < -0.4 is 5.32 Å². The average molecular weight is 264 g/mol. The van der Waals surface area contributed by atoms with Gasteiger partial charge in [0.25, 0.3) is 5.91 Å². The lowest BCUT2D eigenvalue weighted by Gasteiger charge is -2.30. The van der Waals surface area contributed by atoms with Crippen LogP contribution in [-0.2, 0) is 4.79 Å². The fraction of sp³-hybridized carbons (Fsp3) is 0.571. The van der Waals surface area contributed by atoms with Crippen molar-refractivity contribution in [3.05, 3.63) is 24.2 Å². The summed E-state index contributed by atoms with van der Waals surface area (Å²) in [6.45, 7) is 4.27. The number of likely N-dealkylation sites (tertiary alicyclic amines) is 1. The second kappa shape index (κ2) is 6.41. The highest BCUT2D eigenvalue weighted by Gasteiger charge is 2.19. The largest absolute Gasteiger partial charge is 0.472 e. The molecule has 1 aromatic heterocycles. The predicted octanol–water partition coefficient (Wildman–Crippen LogP) is 1.66. The van der Waals surface area contributed by atoms with Crippen molar-refractivity contribution in [2.45, 2.75) is 26.2 Å². The fourth-order valence-electron chi connectivity index (χ4n) is 2.19. The van der Waals surface area contributed by atoms with Crippen molar-refractivity contribution in [1.29, 1.82) is 0 Å². The zero-order chi connectivity index (χ0) is 13.7. The van der Waals surface area contributed by atoms with Crippen LogP contribution in [0.25, 0.3) is 0 Å². The molecule has 1 aliphatic rings. The van der Waals surface area contributed by atoms with Crippen molar-refractivity contribution in [2.75, 3.05) is 19.6 Å². The molecule has 2 amide bonds. The van der Waals surface area contributed by atoms with Crippen LogP contribution in [-0.4, -0.2) is 36.3 Å². The third-order valence-electron chi connectivity index (χ3n) is 3.54. The van der Waals surface area contributed by atoms with Gasteiger partial charge in [0, 0.05) is 26.1 Å². The van der Waals surface area contributed by atoms with Crippen LogP contribution in [0.2, 0.25) is 0 Å². The molecular formula is C14H20N2O3. The van der Waals surface area contributed by atoms with E-state index < -0.39 is 0 Å². The number of nitrogens with one attached hydrogen (secondary N) is 1. The molecule has 5 nitrogen and oxygen atoms in total. The van der Waals surface area contributed by atoms with E-state index in [2.05, 4.69) is 12.2 Å². The molecule has 104 valence electrons. The molecule has 1 fully saturated rings. The van der Waals surface area contributed by atoms with E-state index in [1.807, 2.05) is 4.90 Å². The van der Waals surface area contributed by atoms with Crippen molar-refractivity contribution >= 4 is 11.8 Å². The van der Waals surface area contributed by atoms with Gasteiger partial charge in [0.2, 0.25) is 5.91 Å². The van der Waals surface area contributed by atoms with E-state index in [1.165, 1.54) is 12.5 Å². The number of hydrogen-bond donors (Lipinski definition) is 1. The number of carbonyl (C=O) groups excluding carboxylic acids is 2. The molecule has 2 rings (SSSR count). The topological polar surface area (TPSA) is 62.6 Å². The fourth-order valence-corrected chi connectivity index (χ4v) is 2.19. The van der Waals surface area contributed by atoms with Crippen molar-refractivity contribution in [3.63, 3.8) is 0 Å². The Labute approximate surface area is 113 Å². The number of piperidine rings is 1. The minimum atomic E-state index is -0.200.